The van der Waals surface area contributed by atoms with Crippen molar-refractivity contribution >= 4 is 28.9 Å². The molecule has 0 saturated carbocycles. The van der Waals surface area contributed by atoms with E-state index in [9.17, 15) is 22.8 Å². The number of alkyl halides is 3. The van der Waals surface area contributed by atoms with Gasteiger partial charge in [-0.25, -0.2) is 4.98 Å². The number of hydrogen-bond donors (Lipinski definition) is 1. The smallest absolute Gasteiger partial charge is 0.361 e. The van der Waals surface area contributed by atoms with E-state index in [1.807, 2.05) is 0 Å². The van der Waals surface area contributed by atoms with Crippen LogP contribution in [-0.2, 0) is 6.18 Å². The third kappa shape index (κ3) is 4.30. The molecule has 2 aromatic carbocycles. The van der Waals surface area contributed by atoms with Crippen molar-refractivity contribution in [2.75, 3.05) is 11.9 Å². The Bertz CT molecular complexity index is 1270. The minimum absolute atomic E-state index is 0.0437. The Hall–Kier alpha value is -4.01. The normalized spacial score (nSPS) is 11.5. The Labute approximate surface area is 174 Å². The van der Waals surface area contributed by atoms with E-state index in [-0.39, 0.29) is 40.4 Å². The fourth-order valence-electron chi connectivity index (χ4n) is 3.10. The molecule has 0 spiro atoms. The molecule has 4 rings (SSSR count). The largest absolute Gasteiger partial charge is 0.418 e. The van der Waals surface area contributed by atoms with Crippen LogP contribution in [0.15, 0.2) is 67.1 Å². The fourth-order valence-corrected chi connectivity index (χ4v) is 3.10. The molecule has 2 heterocycles. The zero-order valence-corrected chi connectivity index (χ0v) is 15.9. The van der Waals surface area contributed by atoms with Gasteiger partial charge in [-0.2, -0.15) is 13.2 Å². The Morgan fingerprint density at radius 3 is 2.55 bits per heavy atom. The summed E-state index contributed by atoms with van der Waals surface area (Å²) in [5.74, 6) is 0.0907. The van der Waals surface area contributed by atoms with Crippen molar-refractivity contribution in [1.82, 2.24) is 14.5 Å². The summed E-state index contributed by atoms with van der Waals surface area (Å²) in [5, 5.41) is 2.85. The van der Waals surface area contributed by atoms with E-state index >= 15 is 0 Å². The number of aromatic nitrogens is 3. The Morgan fingerprint density at radius 2 is 1.87 bits per heavy atom. The fraction of sp³-hybridized carbons (Fsp3) is 0.0909. The summed E-state index contributed by atoms with van der Waals surface area (Å²) in [7, 11) is 0. The van der Waals surface area contributed by atoms with Gasteiger partial charge in [-0.1, -0.05) is 30.3 Å². The number of nitrogens with zero attached hydrogens (tertiary/aromatic N) is 3. The molecule has 2 aromatic heterocycles. The molecule has 156 valence electrons. The van der Waals surface area contributed by atoms with Crippen LogP contribution in [0.1, 0.15) is 26.3 Å². The first-order valence-corrected chi connectivity index (χ1v) is 9.19. The van der Waals surface area contributed by atoms with Crippen LogP contribution in [0.25, 0.3) is 16.7 Å². The molecule has 0 aliphatic heterocycles. The quantitative estimate of drug-likeness (QED) is 0.363. The molecular formula is C22H15F3N4O2. The molecule has 0 saturated heterocycles. The standard InChI is InChI=1S/C22H15F3N4O2/c23-22(24,25)16-8-17-18(9-19(16)29-7-6-14(12-29)13-30)28-21(11-26-17)27-10-20(31)15-4-2-1-3-5-15/h1-9,11-13H,10H2,(H,27,28). The van der Waals surface area contributed by atoms with Gasteiger partial charge in [0, 0.05) is 23.5 Å². The van der Waals surface area contributed by atoms with Crippen LogP contribution < -0.4 is 5.32 Å². The molecule has 31 heavy (non-hydrogen) atoms. The number of carbonyl (C=O) groups is 2. The first-order chi connectivity index (χ1) is 14.8. The van der Waals surface area contributed by atoms with Crippen molar-refractivity contribution in [3.05, 3.63) is 83.8 Å². The summed E-state index contributed by atoms with van der Waals surface area (Å²) >= 11 is 0. The maximum Gasteiger partial charge on any atom is 0.418 e. The number of Topliss-reactive ketones (excluding diaryl/α,β-unsaturated/α-hetero) is 1. The summed E-state index contributed by atoms with van der Waals surface area (Å²) in [5.41, 5.74) is -0.0453. The predicted octanol–water partition coefficient (Wildman–Crippen LogP) is 4.55. The molecule has 0 atom stereocenters. The van der Waals surface area contributed by atoms with E-state index in [0.29, 0.717) is 11.8 Å². The van der Waals surface area contributed by atoms with E-state index in [1.165, 1.54) is 35.3 Å². The lowest BCUT2D eigenvalue weighted by molar-refractivity contribution is -0.137. The number of nitrogens with one attached hydrogen (secondary N) is 1. The summed E-state index contributed by atoms with van der Waals surface area (Å²) in [6.45, 7) is -0.0437. The van der Waals surface area contributed by atoms with Crippen LogP contribution in [0.4, 0.5) is 19.0 Å². The van der Waals surface area contributed by atoms with E-state index in [4.69, 9.17) is 0 Å². The van der Waals surface area contributed by atoms with Crippen LogP contribution in [-0.4, -0.2) is 33.1 Å². The van der Waals surface area contributed by atoms with Gasteiger partial charge in [0.2, 0.25) is 0 Å². The van der Waals surface area contributed by atoms with E-state index in [1.54, 1.807) is 30.3 Å². The second kappa shape index (κ2) is 8.02. The number of hydrogen-bond acceptors (Lipinski definition) is 5. The molecule has 0 aliphatic carbocycles. The van der Waals surface area contributed by atoms with Crippen molar-refractivity contribution in [2.45, 2.75) is 6.18 Å². The van der Waals surface area contributed by atoms with Crippen LogP contribution >= 0.6 is 0 Å². The van der Waals surface area contributed by atoms with Gasteiger partial charge in [0.15, 0.2) is 12.1 Å². The highest BCUT2D eigenvalue weighted by Gasteiger charge is 2.34. The van der Waals surface area contributed by atoms with Crippen molar-refractivity contribution in [2.24, 2.45) is 0 Å². The van der Waals surface area contributed by atoms with Crippen LogP contribution in [0.3, 0.4) is 0 Å². The number of anilines is 1. The summed E-state index contributed by atoms with van der Waals surface area (Å²) in [4.78, 5) is 31.5. The Kier molecular flexibility index (Phi) is 5.24. The summed E-state index contributed by atoms with van der Waals surface area (Å²) in [6, 6.07) is 12.3. The number of carbonyl (C=O) groups excluding carboxylic acids is 2. The molecule has 0 amide bonds. The molecule has 1 N–H and O–H groups in total. The van der Waals surface area contributed by atoms with E-state index in [2.05, 4.69) is 15.3 Å². The molecule has 0 unspecified atom stereocenters. The molecule has 6 nitrogen and oxygen atoms in total. The van der Waals surface area contributed by atoms with Crippen LogP contribution in [0.5, 0.6) is 0 Å². The molecule has 0 fully saturated rings. The Balaban J connectivity index is 1.68. The highest BCUT2D eigenvalue weighted by atomic mass is 19.4. The van der Waals surface area contributed by atoms with Gasteiger partial charge in [0.25, 0.3) is 0 Å². The second-order valence-corrected chi connectivity index (χ2v) is 6.72. The highest BCUT2D eigenvalue weighted by Crippen LogP contribution is 2.36. The lowest BCUT2D eigenvalue weighted by atomic mass is 10.1. The van der Waals surface area contributed by atoms with Gasteiger partial charge in [-0.15, -0.1) is 0 Å². The van der Waals surface area contributed by atoms with Gasteiger partial charge < -0.3 is 9.88 Å². The van der Waals surface area contributed by atoms with Crippen molar-refractivity contribution in [3.63, 3.8) is 0 Å². The minimum atomic E-state index is -4.63. The maximum absolute atomic E-state index is 13.6. The number of aldehydes is 1. The molecule has 0 radical (unpaired) electrons. The SMILES string of the molecule is O=Cc1ccn(-c2cc3nc(NCC(=O)c4ccccc4)cnc3cc2C(F)(F)F)c1. The van der Waals surface area contributed by atoms with Gasteiger partial charge in [0.05, 0.1) is 35.0 Å². The zero-order chi connectivity index (χ0) is 22.0. The summed E-state index contributed by atoms with van der Waals surface area (Å²) in [6.07, 6.45) is -0.127. The van der Waals surface area contributed by atoms with Gasteiger partial charge in [-0.05, 0) is 18.2 Å². The number of halogens is 3. The van der Waals surface area contributed by atoms with E-state index < -0.39 is 11.7 Å². The first-order valence-electron chi connectivity index (χ1n) is 9.19. The van der Waals surface area contributed by atoms with Crippen molar-refractivity contribution in [3.8, 4) is 5.69 Å². The number of rotatable bonds is 6. The first kappa shape index (κ1) is 20.3. The van der Waals surface area contributed by atoms with Crippen LogP contribution in [0, 0.1) is 0 Å². The van der Waals surface area contributed by atoms with Gasteiger partial charge in [-0.3, -0.25) is 14.6 Å². The van der Waals surface area contributed by atoms with Gasteiger partial charge >= 0.3 is 6.18 Å². The predicted molar refractivity (Wildman–Crippen MR) is 109 cm³/mol. The molecular weight excluding hydrogens is 409 g/mol. The van der Waals surface area contributed by atoms with Crippen molar-refractivity contribution < 1.29 is 22.8 Å². The average Bonchev–Trinajstić information content (AvgIpc) is 3.25. The van der Waals surface area contributed by atoms with E-state index in [0.717, 1.165) is 6.07 Å². The number of benzene rings is 2. The molecule has 0 bridgehead atoms. The molecule has 9 heteroatoms. The second-order valence-electron chi connectivity index (χ2n) is 6.72. The number of fused-ring (bicyclic) bond motifs is 1. The lowest BCUT2D eigenvalue weighted by Crippen LogP contribution is -2.15. The third-order valence-electron chi connectivity index (χ3n) is 4.62. The topological polar surface area (TPSA) is 76.9 Å². The molecule has 4 aromatic rings. The summed E-state index contributed by atoms with van der Waals surface area (Å²) < 4.78 is 42.1. The highest BCUT2D eigenvalue weighted by molar-refractivity contribution is 5.98. The average molecular weight is 424 g/mol. The zero-order valence-electron chi connectivity index (χ0n) is 15.9. The molecule has 0 aliphatic rings. The minimum Gasteiger partial charge on any atom is -0.361 e. The maximum atomic E-state index is 13.6. The van der Waals surface area contributed by atoms with Crippen LogP contribution in [0.2, 0.25) is 0 Å². The van der Waals surface area contributed by atoms with Gasteiger partial charge in [0.1, 0.15) is 5.82 Å². The number of ketones is 1. The lowest BCUT2D eigenvalue weighted by Gasteiger charge is -2.15. The monoisotopic (exact) mass is 424 g/mol. The third-order valence-corrected chi connectivity index (χ3v) is 4.62. The Morgan fingerprint density at radius 1 is 1.10 bits per heavy atom. The van der Waals surface area contributed by atoms with Crippen molar-refractivity contribution in [1.29, 1.82) is 0 Å².